The highest BCUT2D eigenvalue weighted by Gasteiger charge is 2.22. The van der Waals surface area contributed by atoms with Crippen LogP contribution >= 0.6 is 34.3 Å². The molecule has 0 saturated carbocycles. The fourth-order valence-electron chi connectivity index (χ4n) is 12.2. The molecule has 12 heterocycles. The van der Waals surface area contributed by atoms with E-state index in [1.54, 1.807) is 57.9 Å². The molecule has 0 spiro atoms. The van der Waals surface area contributed by atoms with Gasteiger partial charge in [0.1, 0.15) is 27.7 Å². The van der Waals surface area contributed by atoms with E-state index < -0.39 is 0 Å². The van der Waals surface area contributed by atoms with E-state index in [9.17, 15) is 14.4 Å². The van der Waals surface area contributed by atoms with Crippen LogP contribution < -0.4 is 10.6 Å². The van der Waals surface area contributed by atoms with Crippen molar-refractivity contribution in [2.45, 2.75) is 126 Å². The number of carbonyl (C=O) groups is 3. The molecule has 0 aliphatic heterocycles. The lowest BCUT2D eigenvalue weighted by atomic mass is 10.0. The number of fused-ring (bicyclic) bond motifs is 4. The van der Waals surface area contributed by atoms with Gasteiger partial charge in [0.05, 0.1) is 32.9 Å². The lowest BCUT2D eigenvalue weighted by Gasteiger charge is -2.05. The van der Waals surface area contributed by atoms with Gasteiger partial charge in [0.15, 0.2) is 10.3 Å². The van der Waals surface area contributed by atoms with Gasteiger partial charge in [-0.1, -0.05) is 133 Å². The third kappa shape index (κ3) is 17.4. The number of halogens is 1. The molecular weight excluding hydrogens is 1330 g/mol. The highest BCUT2D eigenvalue weighted by molar-refractivity contribution is 7.17. The molecule has 3 aromatic carbocycles. The molecule has 0 fully saturated rings. The van der Waals surface area contributed by atoms with Gasteiger partial charge in [-0.05, 0) is 143 Å². The van der Waals surface area contributed by atoms with E-state index in [-0.39, 0.29) is 17.6 Å². The summed E-state index contributed by atoms with van der Waals surface area (Å²) in [6.45, 7) is 15.6. The Bertz CT molecular complexity index is 5330. The van der Waals surface area contributed by atoms with Gasteiger partial charge in [0.25, 0.3) is 0 Å². The maximum Gasteiger partial charge on any atom is 0.247 e. The van der Waals surface area contributed by atoms with Gasteiger partial charge < -0.3 is 30.6 Å². The summed E-state index contributed by atoms with van der Waals surface area (Å²) in [5.41, 5.74) is 19.7. The van der Waals surface area contributed by atoms with E-state index in [1.165, 1.54) is 55.8 Å². The maximum absolute atomic E-state index is 12.7. The third-order valence-corrected chi connectivity index (χ3v) is 20.3. The van der Waals surface area contributed by atoms with Crippen molar-refractivity contribution >= 4 is 106 Å². The van der Waals surface area contributed by atoms with E-state index in [1.807, 2.05) is 94.8 Å². The Hall–Kier alpha value is -11.0. The Kier molecular flexibility index (Phi) is 23.2. The molecule has 15 rings (SSSR count). The number of ketones is 1. The number of pyridine rings is 4. The second-order valence-electron chi connectivity index (χ2n) is 25.2. The predicted octanol–water partition coefficient (Wildman–Crippen LogP) is 18.2. The highest BCUT2D eigenvalue weighted by atomic mass is 35.5. The van der Waals surface area contributed by atoms with E-state index in [2.05, 4.69) is 170 Å². The second-order valence-corrected chi connectivity index (χ2v) is 27.7. The number of unbranched alkanes of at least 4 members (excludes halogenated alkanes) is 2. The molecule has 0 atom stereocenters. The molecule has 0 amide bonds. The van der Waals surface area contributed by atoms with E-state index in [0.29, 0.717) is 40.6 Å². The number of rotatable bonds is 22. The third-order valence-electron chi connectivity index (χ3n) is 17.9. The van der Waals surface area contributed by atoms with Crippen LogP contribution in [0.1, 0.15) is 154 Å². The SMILES string of the molecule is CCCCCC(=O)n1nc(C)c(Cc2c[nH]c3ncccc23)c1C.Cc1ccc(CNc2nc(Cl)c(Cc3c[nH]c4ncccc34)s2)cc1.Cc1ccc(CNc2ncc(C(=O)c3c[nH]c4ncccc34)s2)cc1.Cc1nn(C(=O)CCCc2ccccc2)c(C)c1Cc1c[nH]c2ncccc12. The van der Waals surface area contributed by atoms with Crippen molar-refractivity contribution in [2.24, 2.45) is 0 Å². The van der Waals surface area contributed by atoms with Crippen molar-refractivity contribution in [1.82, 2.24) is 69.4 Å². The monoisotopic (exact) mass is 1410 g/mol. The average molecular weight is 1410 g/mol. The Morgan fingerprint density at radius 2 is 0.941 bits per heavy atom. The van der Waals surface area contributed by atoms with Crippen LogP contribution in [-0.4, -0.2) is 87.0 Å². The fraction of sp³-hybridized carbons (Fsp3) is 0.237. The van der Waals surface area contributed by atoms with Crippen molar-refractivity contribution in [3.05, 3.63) is 282 Å². The minimum atomic E-state index is -0.0415. The number of thiazole rings is 2. The Balaban J connectivity index is 0.000000129. The summed E-state index contributed by atoms with van der Waals surface area (Å²) in [6.07, 6.45) is 24.5. The van der Waals surface area contributed by atoms with Crippen LogP contribution in [0.15, 0.2) is 183 Å². The molecule has 0 unspecified atom stereocenters. The molecule has 518 valence electrons. The van der Waals surface area contributed by atoms with Crippen molar-refractivity contribution in [3.8, 4) is 0 Å². The van der Waals surface area contributed by atoms with Crippen LogP contribution in [0.25, 0.3) is 44.1 Å². The molecule has 6 N–H and O–H groups in total. The van der Waals surface area contributed by atoms with Crippen LogP contribution in [0.3, 0.4) is 0 Å². The summed E-state index contributed by atoms with van der Waals surface area (Å²) in [4.78, 5) is 78.2. The topological polar surface area (TPSA) is 251 Å². The predicted molar refractivity (Wildman–Crippen MR) is 411 cm³/mol. The number of nitrogens with one attached hydrogen (secondary N) is 6. The number of anilines is 2. The van der Waals surface area contributed by atoms with Gasteiger partial charge in [-0.15, -0.1) is 11.3 Å². The zero-order valence-corrected chi connectivity index (χ0v) is 60.6. The Morgan fingerprint density at radius 1 is 0.480 bits per heavy atom. The van der Waals surface area contributed by atoms with Gasteiger partial charge in [-0.25, -0.2) is 39.3 Å². The van der Waals surface area contributed by atoms with Crippen LogP contribution in [-0.2, 0) is 38.8 Å². The number of H-pyrrole nitrogens is 4. The largest absolute Gasteiger partial charge is 0.357 e. The van der Waals surface area contributed by atoms with E-state index in [4.69, 9.17) is 11.6 Å². The number of aromatic amines is 4. The number of hydrogen-bond donors (Lipinski definition) is 6. The lowest BCUT2D eigenvalue weighted by Crippen LogP contribution is -2.14. The second kappa shape index (κ2) is 33.4. The molecule has 0 saturated heterocycles. The lowest BCUT2D eigenvalue weighted by molar-refractivity contribution is 0.0872. The summed E-state index contributed by atoms with van der Waals surface area (Å²) >= 11 is 9.31. The zero-order valence-electron chi connectivity index (χ0n) is 58.2. The van der Waals surface area contributed by atoms with Crippen molar-refractivity contribution in [3.63, 3.8) is 0 Å². The number of hydrogen-bond acceptors (Lipinski definition) is 15. The number of nitrogens with zero attached hydrogens (tertiary/aromatic N) is 10. The summed E-state index contributed by atoms with van der Waals surface area (Å²) in [5, 5.41) is 22.0. The zero-order chi connectivity index (χ0) is 71.1. The molecule has 0 aliphatic rings. The van der Waals surface area contributed by atoms with E-state index in [0.717, 1.165) is 145 Å². The summed E-state index contributed by atoms with van der Waals surface area (Å²) in [7, 11) is 0. The maximum atomic E-state index is 12.7. The van der Waals surface area contributed by atoms with Gasteiger partial charge in [-0.3, -0.25) is 14.4 Å². The van der Waals surface area contributed by atoms with Gasteiger partial charge >= 0.3 is 0 Å². The van der Waals surface area contributed by atoms with Crippen LogP contribution in [0.5, 0.6) is 0 Å². The van der Waals surface area contributed by atoms with Crippen molar-refractivity contribution in [2.75, 3.05) is 10.6 Å². The average Bonchev–Trinajstić information content (AvgIpc) is 1.66. The summed E-state index contributed by atoms with van der Waals surface area (Å²) < 4.78 is 3.18. The van der Waals surface area contributed by atoms with Crippen molar-refractivity contribution in [1.29, 1.82) is 0 Å². The minimum absolute atomic E-state index is 0.0415. The van der Waals surface area contributed by atoms with Crippen LogP contribution in [0, 0.1) is 41.5 Å². The molecular formula is C80H81ClN16O3S2. The first-order valence-corrected chi connectivity index (χ1v) is 36.3. The fourth-order valence-corrected chi connectivity index (χ4v) is 14.2. The molecule has 0 bridgehead atoms. The highest BCUT2D eigenvalue weighted by Crippen LogP contribution is 2.33. The number of carbonyl (C=O) groups excluding carboxylic acids is 3. The van der Waals surface area contributed by atoms with Crippen LogP contribution in [0.2, 0.25) is 5.15 Å². The Labute approximate surface area is 604 Å². The Morgan fingerprint density at radius 3 is 1.45 bits per heavy atom. The summed E-state index contributed by atoms with van der Waals surface area (Å²) in [5.74, 6) is 0.111. The first kappa shape index (κ1) is 70.8. The quantitative estimate of drug-likeness (QED) is 0.0273. The molecule has 19 nitrogen and oxygen atoms in total. The molecule has 0 aliphatic carbocycles. The first-order valence-electron chi connectivity index (χ1n) is 34.2. The number of aromatic nitrogens is 14. The van der Waals surface area contributed by atoms with Crippen LogP contribution in [0.4, 0.5) is 10.3 Å². The molecule has 0 radical (unpaired) electrons. The first-order chi connectivity index (χ1) is 49.6. The smallest absolute Gasteiger partial charge is 0.247 e. The summed E-state index contributed by atoms with van der Waals surface area (Å²) in [6, 6.07) is 42.8. The molecule has 15 aromatic rings. The van der Waals surface area contributed by atoms with Gasteiger partial charge in [0.2, 0.25) is 17.6 Å². The number of benzene rings is 3. The normalized spacial score (nSPS) is 11.1. The molecule has 22 heteroatoms. The van der Waals surface area contributed by atoms with Crippen molar-refractivity contribution < 1.29 is 14.4 Å². The molecule has 12 aromatic heterocycles. The minimum Gasteiger partial charge on any atom is -0.357 e. The standard InChI is InChI=1S/C23H24N4O.C19H17ClN4S.C19H16N4OS.C19H24N4O/c1-16-21(14-19-15-25-23-20(19)11-7-13-24-23)17(2)27(26-16)22(28)12-6-10-18-8-4-3-5-9-18;1-12-4-6-13(7-5-12)10-23-19-24-17(20)16(25-19)9-14-11-22-18-15(14)3-2-8-21-18;1-12-4-6-13(7-5-12)9-22-19-23-11-16(25-19)17(24)15-10-21-18-14(15)3-2-8-20-18;1-4-5-6-9-18(24)23-14(3)17(13(2)22-23)11-15-12-21-19-16(15)8-7-10-20-19/h3-5,7-9,11,13,15H,6,10,12,14H2,1-2H3,(H,24,25);2-8,11H,9-10H2,1H3,(H,21,22)(H,23,24);2-8,10-11H,9H2,1H3,(H,20,21)(H,22,23);7-8,10,12H,4-6,9,11H2,1-3H3,(H,20,21). The number of aryl methyl sites for hydroxylation is 5. The van der Waals surface area contributed by atoms with E-state index >= 15 is 0 Å². The van der Waals surface area contributed by atoms with Gasteiger partial charge in [0, 0.05) is 139 Å². The molecule has 102 heavy (non-hydrogen) atoms. The van der Waals surface area contributed by atoms with Gasteiger partial charge in [-0.2, -0.15) is 10.2 Å².